The Morgan fingerprint density at radius 1 is 1.08 bits per heavy atom. The molecule has 0 aliphatic heterocycles. The molecule has 8 heteroatoms. The summed E-state index contributed by atoms with van der Waals surface area (Å²) in [6.45, 7) is 2.05. The van der Waals surface area contributed by atoms with Crippen molar-refractivity contribution in [1.29, 1.82) is 0 Å². The number of hydrogen-bond donors (Lipinski definition) is 1. The smallest absolute Gasteiger partial charge is 0.389 e. The molecule has 3 aromatic rings. The van der Waals surface area contributed by atoms with E-state index in [-0.39, 0.29) is 17.7 Å². The van der Waals surface area contributed by atoms with Crippen LogP contribution >= 0.6 is 23.2 Å². The van der Waals surface area contributed by atoms with Gasteiger partial charge in [-0.3, -0.25) is 0 Å². The van der Waals surface area contributed by atoms with E-state index in [1.807, 2.05) is 19.1 Å². The van der Waals surface area contributed by atoms with Gasteiger partial charge >= 0.3 is 6.09 Å². The molecule has 5 nitrogen and oxygen atoms in total. The first-order chi connectivity index (χ1) is 18.4. The van der Waals surface area contributed by atoms with Crippen molar-refractivity contribution in [3.63, 3.8) is 0 Å². The molecule has 2 aromatic carbocycles. The maximum absolute atomic E-state index is 13.6. The van der Waals surface area contributed by atoms with Gasteiger partial charge in [-0.25, -0.2) is 13.9 Å². The Labute approximate surface area is 233 Å². The number of allylic oxidation sites excluding steroid dienone is 1. The number of fused-ring (bicyclic) bond motifs is 1. The highest BCUT2D eigenvalue weighted by Gasteiger charge is 2.28. The molecule has 2 aliphatic rings. The van der Waals surface area contributed by atoms with Crippen LogP contribution in [0.15, 0.2) is 42.5 Å². The predicted octanol–water partition coefficient (Wildman–Crippen LogP) is 8.64. The van der Waals surface area contributed by atoms with Crippen LogP contribution in [0.1, 0.15) is 75.1 Å². The molecule has 1 amide bonds. The largest absolute Gasteiger partial charge is 0.414 e. The van der Waals surface area contributed by atoms with Crippen LogP contribution in [0.2, 0.25) is 10.0 Å². The quantitative estimate of drug-likeness (QED) is 0.320. The number of halogens is 3. The lowest BCUT2D eigenvalue weighted by molar-refractivity contribution is 0.184. The van der Waals surface area contributed by atoms with Crippen molar-refractivity contribution in [3.05, 3.63) is 75.1 Å². The van der Waals surface area contributed by atoms with E-state index in [9.17, 15) is 9.18 Å². The van der Waals surface area contributed by atoms with Gasteiger partial charge in [0.25, 0.3) is 0 Å². The molecule has 1 saturated carbocycles. The van der Waals surface area contributed by atoms with E-state index >= 15 is 0 Å². The number of rotatable bonds is 5. The second kappa shape index (κ2) is 11.9. The number of nitrogens with zero attached hydrogens (tertiary/aromatic N) is 2. The number of carbonyl (C=O) groups excluding carboxylic acids is 1. The first-order valence-electron chi connectivity index (χ1n) is 13.4. The van der Waals surface area contributed by atoms with Gasteiger partial charge in [-0.15, -0.1) is 5.10 Å². The van der Waals surface area contributed by atoms with Crippen LogP contribution in [0.25, 0.3) is 17.3 Å². The molecule has 1 fully saturated rings. The summed E-state index contributed by atoms with van der Waals surface area (Å²) >= 11 is 12.8. The molecule has 5 rings (SSSR count). The zero-order valence-electron chi connectivity index (χ0n) is 21.5. The van der Waals surface area contributed by atoms with E-state index in [4.69, 9.17) is 33.0 Å². The number of hydrogen-bond acceptors (Lipinski definition) is 3. The lowest BCUT2D eigenvalue weighted by atomic mass is 9.85. The molecule has 1 N–H and O–H groups in total. The number of aromatic nitrogens is 2. The first-order valence-corrected chi connectivity index (χ1v) is 14.2. The van der Waals surface area contributed by atoms with Crippen molar-refractivity contribution < 1.29 is 13.9 Å². The van der Waals surface area contributed by atoms with Crippen molar-refractivity contribution >= 4 is 40.9 Å². The Bertz CT molecular complexity index is 1330. The molecule has 0 spiro atoms. The molecule has 1 atom stereocenters. The number of benzene rings is 2. The van der Waals surface area contributed by atoms with Crippen molar-refractivity contribution in [3.8, 4) is 11.6 Å². The predicted molar refractivity (Wildman–Crippen MR) is 151 cm³/mol. The number of carbonyl (C=O) groups is 1. The lowest BCUT2D eigenvalue weighted by Crippen LogP contribution is -2.40. The summed E-state index contributed by atoms with van der Waals surface area (Å²) < 4.78 is 21.2. The minimum Gasteiger partial charge on any atom is -0.389 e. The van der Waals surface area contributed by atoms with Gasteiger partial charge in [-0.1, -0.05) is 54.6 Å². The van der Waals surface area contributed by atoms with Gasteiger partial charge in [0.2, 0.25) is 5.88 Å². The fourth-order valence-corrected chi connectivity index (χ4v) is 6.07. The molecule has 200 valence electrons. The first kappa shape index (κ1) is 26.8. The van der Waals surface area contributed by atoms with E-state index in [1.54, 1.807) is 28.9 Å². The Morgan fingerprint density at radius 3 is 2.55 bits per heavy atom. The lowest BCUT2D eigenvalue weighted by Gasteiger charge is -2.27. The third-order valence-corrected chi connectivity index (χ3v) is 8.15. The van der Waals surface area contributed by atoms with Gasteiger partial charge in [0, 0.05) is 16.6 Å². The zero-order valence-corrected chi connectivity index (χ0v) is 23.0. The highest BCUT2D eigenvalue weighted by molar-refractivity contribution is 6.35. The number of nitrogens with one attached hydrogen (secondary N) is 1. The molecule has 1 aromatic heterocycles. The number of amides is 1. The summed E-state index contributed by atoms with van der Waals surface area (Å²) in [5, 5.41) is 8.77. The van der Waals surface area contributed by atoms with Crippen LogP contribution in [0.5, 0.6) is 5.88 Å². The second-order valence-electron chi connectivity index (χ2n) is 10.3. The summed E-state index contributed by atoms with van der Waals surface area (Å²) in [6, 6.07) is 11.7. The van der Waals surface area contributed by atoms with Crippen LogP contribution < -0.4 is 10.1 Å². The standard InChI is InChI=1S/C30H32Cl2FN3O2/c1-19(21-7-3-2-4-8-21)34-30(37)38-29-25-10-6-5-9-22(17-20-11-14-24(33)15-12-20)28(25)36(35-29)27-16-13-23(31)18-26(27)32/h11-19,21H,2-10H2,1H3,(H,34,37)/b22-17+/t19-/m0/s1. The molecular weight excluding hydrogens is 524 g/mol. The van der Waals surface area contributed by atoms with Crippen molar-refractivity contribution in [2.75, 3.05) is 0 Å². The van der Waals surface area contributed by atoms with Gasteiger partial charge in [0.1, 0.15) is 5.82 Å². The highest BCUT2D eigenvalue weighted by atomic mass is 35.5. The second-order valence-corrected chi connectivity index (χ2v) is 11.1. The summed E-state index contributed by atoms with van der Waals surface area (Å²) in [6.07, 6.45) is 10.8. The minimum atomic E-state index is -0.494. The summed E-state index contributed by atoms with van der Waals surface area (Å²) in [7, 11) is 0. The molecule has 0 unspecified atom stereocenters. The van der Waals surface area contributed by atoms with E-state index in [0.717, 1.165) is 54.5 Å². The molecule has 2 aliphatic carbocycles. The van der Waals surface area contributed by atoms with Gasteiger partial charge in [0.15, 0.2) is 0 Å². The average Bonchev–Trinajstić information content (AvgIpc) is 3.10. The van der Waals surface area contributed by atoms with E-state index in [1.165, 1.54) is 31.4 Å². The molecule has 0 saturated heterocycles. The van der Waals surface area contributed by atoms with Crippen molar-refractivity contribution in [2.45, 2.75) is 70.8 Å². The monoisotopic (exact) mass is 555 g/mol. The minimum absolute atomic E-state index is 0.0307. The third-order valence-electron chi connectivity index (χ3n) is 7.61. The van der Waals surface area contributed by atoms with Crippen molar-refractivity contribution in [2.24, 2.45) is 5.92 Å². The summed E-state index contributed by atoms with van der Waals surface area (Å²) in [5.74, 6) is 0.464. The Balaban J connectivity index is 1.53. The maximum atomic E-state index is 13.6. The van der Waals surface area contributed by atoms with Crippen LogP contribution in [0, 0.1) is 11.7 Å². The molecular formula is C30H32Cl2FN3O2. The zero-order chi connectivity index (χ0) is 26.6. The third kappa shape index (κ3) is 6.08. The van der Waals surface area contributed by atoms with E-state index in [2.05, 4.69) is 5.32 Å². The van der Waals surface area contributed by atoms with Gasteiger partial charge in [-0.05, 0) is 98.9 Å². The fourth-order valence-electron chi connectivity index (χ4n) is 5.59. The van der Waals surface area contributed by atoms with Crippen LogP contribution in [-0.2, 0) is 6.42 Å². The molecule has 0 bridgehead atoms. The van der Waals surface area contributed by atoms with Gasteiger partial charge in [0.05, 0.1) is 16.4 Å². The van der Waals surface area contributed by atoms with Crippen LogP contribution in [0.4, 0.5) is 9.18 Å². The molecule has 0 radical (unpaired) electrons. The van der Waals surface area contributed by atoms with Gasteiger partial charge < -0.3 is 10.1 Å². The topological polar surface area (TPSA) is 56.1 Å². The summed E-state index contributed by atoms with van der Waals surface area (Å²) in [4.78, 5) is 13.0. The fraction of sp³-hybridized carbons (Fsp3) is 0.400. The normalized spacial score (nSPS) is 18.1. The Morgan fingerprint density at radius 2 is 1.82 bits per heavy atom. The van der Waals surface area contributed by atoms with Gasteiger partial charge in [-0.2, -0.15) is 0 Å². The molecule has 1 heterocycles. The maximum Gasteiger partial charge on any atom is 0.414 e. The van der Waals surface area contributed by atoms with Crippen LogP contribution in [0.3, 0.4) is 0 Å². The average molecular weight is 557 g/mol. The van der Waals surface area contributed by atoms with E-state index in [0.29, 0.717) is 28.1 Å². The Hall–Kier alpha value is -2.83. The SMILES string of the molecule is C[C@H](NC(=O)Oc1nn(-c2ccc(Cl)cc2Cl)c2c1CCCC/C2=C\c1ccc(F)cc1)C1CCCCC1. The van der Waals surface area contributed by atoms with Crippen LogP contribution in [-0.4, -0.2) is 21.9 Å². The van der Waals surface area contributed by atoms with E-state index < -0.39 is 6.09 Å². The Kier molecular flexibility index (Phi) is 8.39. The molecule has 38 heavy (non-hydrogen) atoms. The summed E-state index contributed by atoms with van der Waals surface area (Å²) in [5.41, 5.74) is 4.26. The number of ether oxygens (including phenoxy) is 1. The van der Waals surface area contributed by atoms with Crippen molar-refractivity contribution in [1.82, 2.24) is 15.1 Å². The highest BCUT2D eigenvalue weighted by Crippen LogP contribution is 2.39.